The number of rotatable bonds is 8. The van der Waals surface area contributed by atoms with Crippen LogP contribution in [-0.4, -0.2) is 44.6 Å². The van der Waals surface area contributed by atoms with Gasteiger partial charge < -0.3 is 25.3 Å². The molecule has 1 unspecified atom stereocenters. The summed E-state index contributed by atoms with van der Waals surface area (Å²) in [6, 6.07) is 12.2. The van der Waals surface area contributed by atoms with E-state index in [-0.39, 0.29) is 11.9 Å². The van der Waals surface area contributed by atoms with Gasteiger partial charge in [-0.25, -0.2) is 0 Å². The number of amides is 1. The van der Waals surface area contributed by atoms with Crippen LogP contribution in [0.2, 0.25) is 0 Å². The summed E-state index contributed by atoms with van der Waals surface area (Å²) >= 11 is 0. The van der Waals surface area contributed by atoms with Gasteiger partial charge in [0.25, 0.3) is 5.91 Å². The number of guanidine groups is 1. The molecular formula is C22H31N5O2. The Balaban J connectivity index is 1.54. The molecule has 0 aliphatic carbocycles. The highest BCUT2D eigenvalue weighted by molar-refractivity contribution is 5.91. The fourth-order valence-electron chi connectivity index (χ4n) is 3.41. The van der Waals surface area contributed by atoms with E-state index in [1.165, 1.54) is 30.4 Å². The maximum atomic E-state index is 11.9. The summed E-state index contributed by atoms with van der Waals surface area (Å²) in [5.74, 6) is 0.819. The standard InChI is InChI=1S/C22H31N5O2/c1-3-23-22(25-12-11-24-21(28)20-10-7-15-29-20)26-17(2)18-8-6-9-19(16-18)27-13-4-5-14-27/h6-10,15-17H,3-5,11-14H2,1-2H3,(H,24,28)(H2,23,25,26). The zero-order valence-electron chi connectivity index (χ0n) is 17.3. The van der Waals surface area contributed by atoms with Crippen LogP contribution in [-0.2, 0) is 0 Å². The third-order valence-corrected chi connectivity index (χ3v) is 4.95. The van der Waals surface area contributed by atoms with Gasteiger partial charge in [0, 0.05) is 31.9 Å². The smallest absolute Gasteiger partial charge is 0.287 e. The molecule has 29 heavy (non-hydrogen) atoms. The van der Waals surface area contributed by atoms with Crippen molar-refractivity contribution in [3.05, 3.63) is 54.0 Å². The summed E-state index contributed by atoms with van der Waals surface area (Å²) in [5.41, 5.74) is 2.52. The Morgan fingerprint density at radius 3 is 2.76 bits per heavy atom. The number of carbonyl (C=O) groups is 1. The maximum Gasteiger partial charge on any atom is 0.287 e. The second-order valence-corrected chi connectivity index (χ2v) is 7.15. The van der Waals surface area contributed by atoms with Gasteiger partial charge in [0.15, 0.2) is 11.7 Å². The number of furan rings is 1. The van der Waals surface area contributed by atoms with Gasteiger partial charge in [-0.2, -0.15) is 0 Å². The number of anilines is 1. The van der Waals surface area contributed by atoms with Crippen molar-refractivity contribution in [2.75, 3.05) is 37.6 Å². The Bertz CT molecular complexity index is 797. The highest BCUT2D eigenvalue weighted by Crippen LogP contribution is 2.23. The van der Waals surface area contributed by atoms with Gasteiger partial charge in [-0.3, -0.25) is 9.79 Å². The molecule has 1 aromatic carbocycles. The number of hydrogen-bond donors (Lipinski definition) is 3. The number of carbonyl (C=O) groups excluding carboxylic acids is 1. The molecule has 1 aromatic heterocycles. The van der Waals surface area contributed by atoms with Crippen molar-refractivity contribution in [3.63, 3.8) is 0 Å². The van der Waals surface area contributed by atoms with E-state index in [0.717, 1.165) is 25.6 Å². The number of benzene rings is 1. The highest BCUT2D eigenvalue weighted by atomic mass is 16.3. The first kappa shape index (κ1) is 20.8. The van der Waals surface area contributed by atoms with Crippen molar-refractivity contribution in [3.8, 4) is 0 Å². The molecule has 0 radical (unpaired) electrons. The minimum absolute atomic E-state index is 0.119. The largest absolute Gasteiger partial charge is 0.459 e. The maximum absolute atomic E-state index is 11.9. The summed E-state index contributed by atoms with van der Waals surface area (Å²) in [7, 11) is 0. The average molecular weight is 398 g/mol. The normalized spacial score (nSPS) is 15.2. The number of hydrogen-bond acceptors (Lipinski definition) is 4. The lowest BCUT2D eigenvalue weighted by atomic mass is 10.1. The van der Waals surface area contributed by atoms with Crippen molar-refractivity contribution in [2.24, 2.45) is 4.99 Å². The van der Waals surface area contributed by atoms with Crippen LogP contribution in [0.1, 0.15) is 48.8 Å². The molecule has 0 saturated carbocycles. The van der Waals surface area contributed by atoms with E-state index in [9.17, 15) is 4.79 Å². The van der Waals surface area contributed by atoms with Crippen molar-refractivity contribution in [2.45, 2.75) is 32.7 Å². The van der Waals surface area contributed by atoms with Gasteiger partial charge in [0.1, 0.15) is 0 Å². The van der Waals surface area contributed by atoms with Crippen molar-refractivity contribution in [1.29, 1.82) is 0 Å². The zero-order valence-corrected chi connectivity index (χ0v) is 17.3. The van der Waals surface area contributed by atoms with Crippen LogP contribution < -0.4 is 20.9 Å². The quantitative estimate of drug-likeness (QED) is 0.362. The lowest BCUT2D eigenvalue weighted by molar-refractivity contribution is 0.0927. The third kappa shape index (κ3) is 6.01. The van der Waals surface area contributed by atoms with Crippen LogP contribution >= 0.6 is 0 Å². The molecule has 3 rings (SSSR count). The fourth-order valence-corrected chi connectivity index (χ4v) is 3.41. The summed E-state index contributed by atoms with van der Waals surface area (Å²) in [6.07, 6.45) is 4.03. The van der Waals surface area contributed by atoms with Gasteiger partial charge >= 0.3 is 0 Å². The van der Waals surface area contributed by atoms with E-state index < -0.39 is 0 Å². The van der Waals surface area contributed by atoms with Crippen LogP contribution in [0.25, 0.3) is 0 Å². The van der Waals surface area contributed by atoms with Crippen molar-refractivity contribution < 1.29 is 9.21 Å². The molecule has 1 aliphatic rings. The summed E-state index contributed by atoms with van der Waals surface area (Å²) in [6.45, 7) is 8.13. The minimum Gasteiger partial charge on any atom is -0.459 e. The average Bonchev–Trinajstić information content (AvgIpc) is 3.45. The van der Waals surface area contributed by atoms with Gasteiger partial charge in [-0.15, -0.1) is 0 Å². The Labute approximate surface area is 172 Å². The molecular weight excluding hydrogens is 366 g/mol. The van der Waals surface area contributed by atoms with Gasteiger partial charge in [-0.1, -0.05) is 12.1 Å². The minimum atomic E-state index is -0.227. The van der Waals surface area contributed by atoms with Gasteiger partial charge in [0.05, 0.1) is 18.8 Å². The molecule has 1 fully saturated rings. The highest BCUT2D eigenvalue weighted by Gasteiger charge is 2.14. The van der Waals surface area contributed by atoms with Crippen LogP contribution in [0.3, 0.4) is 0 Å². The molecule has 7 nitrogen and oxygen atoms in total. The first-order valence-corrected chi connectivity index (χ1v) is 10.4. The fraction of sp³-hybridized carbons (Fsp3) is 0.455. The number of nitrogens with one attached hydrogen (secondary N) is 3. The lowest BCUT2D eigenvalue weighted by Crippen LogP contribution is -2.39. The Hall–Kier alpha value is -2.96. The molecule has 3 N–H and O–H groups in total. The van der Waals surface area contributed by atoms with Crippen LogP contribution in [0.5, 0.6) is 0 Å². The lowest BCUT2D eigenvalue weighted by Gasteiger charge is -2.22. The van der Waals surface area contributed by atoms with E-state index in [1.807, 2.05) is 6.92 Å². The molecule has 2 heterocycles. The van der Waals surface area contributed by atoms with E-state index in [2.05, 4.69) is 57.0 Å². The molecule has 1 saturated heterocycles. The van der Waals surface area contributed by atoms with E-state index in [4.69, 9.17) is 4.42 Å². The monoisotopic (exact) mass is 397 g/mol. The molecule has 1 atom stereocenters. The number of aliphatic imine (C=N–C) groups is 1. The first-order valence-electron chi connectivity index (χ1n) is 10.4. The van der Waals surface area contributed by atoms with E-state index in [1.54, 1.807) is 12.1 Å². The Morgan fingerprint density at radius 2 is 2.03 bits per heavy atom. The van der Waals surface area contributed by atoms with Crippen molar-refractivity contribution in [1.82, 2.24) is 16.0 Å². The Kier molecular flexibility index (Phi) is 7.55. The van der Waals surface area contributed by atoms with Crippen LogP contribution in [0.4, 0.5) is 5.69 Å². The predicted octanol–water partition coefficient (Wildman–Crippen LogP) is 2.93. The SMILES string of the molecule is CCNC(=NCCNC(=O)c1ccco1)NC(C)c1cccc(N2CCCC2)c1. The summed E-state index contributed by atoms with van der Waals surface area (Å²) in [5, 5.41) is 9.53. The second-order valence-electron chi connectivity index (χ2n) is 7.15. The Morgan fingerprint density at radius 1 is 1.21 bits per heavy atom. The van der Waals surface area contributed by atoms with Crippen molar-refractivity contribution >= 4 is 17.6 Å². The zero-order chi connectivity index (χ0) is 20.5. The van der Waals surface area contributed by atoms with Gasteiger partial charge in [-0.05, 0) is 56.5 Å². The molecule has 1 aliphatic heterocycles. The molecule has 1 amide bonds. The van der Waals surface area contributed by atoms with Gasteiger partial charge in [0.2, 0.25) is 0 Å². The van der Waals surface area contributed by atoms with Crippen LogP contribution in [0.15, 0.2) is 52.1 Å². The van der Waals surface area contributed by atoms with Crippen LogP contribution in [0, 0.1) is 0 Å². The third-order valence-electron chi connectivity index (χ3n) is 4.95. The molecule has 2 aromatic rings. The summed E-state index contributed by atoms with van der Waals surface area (Å²) in [4.78, 5) is 18.9. The van der Waals surface area contributed by atoms with E-state index in [0.29, 0.717) is 18.8 Å². The topological polar surface area (TPSA) is 81.9 Å². The van der Waals surface area contributed by atoms with E-state index >= 15 is 0 Å². The molecule has 0 bridgehead atoms. The molecule has 156 valence electrons. The first-order chi connectivity index (χ1) is 14.2. The second kappa shape index (κ2) is 10.5. The number of nitrogens with zero attached hydrogens (tertiary/aromatic N) is 2. The predicted molar refractivity (Wildman–Crippen MR) is 116 cm³/mol. The molecule has 7 heteroatoms. The summed E-state index contributed by atoms with van der Waals surface area (Å²) < 4.78 is 5.08. The molecule has 0 spiro atoms.